The zero-order chi connectivity index (χ0) is 20.3. The molecule has 1 aromatic carbocycles. The van der Waals surface area contributed by atoms with Crippen molar-refractivity contribution < 1.29 is 13.9 Å². The van der Waals surface area contributed by atoms with Crippen LogP contribution in [0.15, 0.2) is 51.9 Å². The van der Waals surface area contributed by atoms with Crippen LogP contribution in [0.3, 0.4) is 0 Å². The van der Waals surface area contributed by atoms with Gasteiger partial charge in [0.05, 0.1) is 25.9 Å². The van der Waals surface area contributed by atoms with Crippen LogP contribution in [-0.2, 0) is 4.74 Å². The predicted octanol–water partition coefficient (Wildman–Crippen LogP) is 3.21. The number of ether oxygens (including phenoxy) is 2. The Morgan fingerprint density at radius 1 is 1.13 bits per heavy atom. The molecule has 2 aromatic rings. The first kappa shape index (κ1) is 24.5. The Morgan fingerprint density at radius 2 is 1.90 bits per heavy atom. The average Bonchev–Trinajstić information content (AvgIpc) is 3.19. The Labute approximate surface area is 196 Å². The maximum Gasteiger partial charge on any atom is 0.191 e. The van der Waals surface area contributed by atoms with Crippen LogP contribution < -0.4 is 15.4 Å². The van der Waals surface area contributed by atoms with Crippen molar-refractivity contribution in [3.05, 3.63) is 54.0 Å². The lowest BCUT2D eigenvalue weighted by molar-refractivity contribution is 0.0124. The summed E-state index contributed by atoms with van der Waals surface area (Å²) in [6, 6.07) is 14.1. The third kappa shape index (κ3) is 7.81. The lowest BCUT2D eigenvalue weighted by atomic mass is 10.1. The Hall–Kier alpha value is -1.78. The fraction of sp³-hybridized carbons (Fsp3) is 0.500. The summed E-state index contributed by atoms with van der Waals surface area (Å²) in [5.41, 5.74) is 0. The van der Waals surface area contributed by atoms with E-state index in [0.29, 0.717) is 13.2 Å². The van der Waals surface area contributed by atoms with Crippen LogP contribution in [0.2, 0.25) is 0 Å². The maximum absolute atomic E-state index is 5.92. The molecule has 0 spiro atoms. The normalized spacial score (nSPS) is 15.9. The highest BCUT2D eigenvalue weighted by atomic mass is 127. The van der Waals surface area contributed by atoms with Crippen molar-refractivity contribution in [2.75, 3.05) is 53.0 Å². The Kier molecular flexibility index (Phi) is 11.0. The van der Waals surface area contributed by atoms with Crippen LogP contribution in [0, 0.1) is 6.92 Å². The molecule has 1 aromatic heterocycles. The number of rotatable bonds is 9. The van der Waals surface area contributed by atoms with E-state index in [-0.39, 0.29) is 30.0 Å². The van der Waals surface area contributed by atoms with Gasteiger partial charge in [0.25, 0.3) is 0 Å². The zero-order valence-corrected chi connectivity index (χ0v) is 20.1. The van der Waals surface area contributed by atoms with Crippen LogP contribution in [0.25, 0.3) is 0 Å². The van der Waals surface area contributed by atoms with Crippen LogP contribution in [0.5, 0.6) is 5.75 Å². The van der Waals surface area contributed by atoms with E-state index < -0.39 is 0 Å². The minimum Gasteiger partial charge on any atom is -0.494 e. The number of para-hydroxylation sites is 1. The number of nitrogens with one attached hydrogen (secondary N) is 2. The average molecular weight is 528 g/mol. The number of hydrogen-bond donors (Lipinski definition) is 2. The number of hydrogen-bond acceptors (Lipinski definition) is 5. The molecular weight excluding hydrogens is 495 g/mol. The molecule has 3 rings (SSSR count). The third-order valence-electron chi connectivity index (χ3n) is 4.89. The number of aliphatic imine (C=N–C) groups is 1. The maximum atomic E-state index is 5.92. The standard InChI is InChI=1S/C22H32N4O3.HI/c1-18-9-10-21(29-18)20(26-12-15-27-16-13-26)17-25-22(23-2)24-11-6-14-28-19-7-4-3-5-8-19;/h3-5,7-10,20H,6,11-17H2,1-2H3,(H2,23,24,25);1H. The molecule has 0 radical (unpaired) electrons. The van der Waals surface area contributed by atoms with Crippen molar-refractivity contribution in [2.45, 2.75) is 19.4 Å². The third-order valence-corrected chi connectivity index (χ3v) is 4.89. The van der Waals surface area contributed by atoms with Crippen LogP contribution >= 0.6 is 24.0 Å². The molecule has 7 nitrogen and oxygen atoms in total. The molecule has 0 bridgehead atoms. The van der Waals surface area contributed by atoms with E-state index in [1.54, 1.807) is 7.05 Å². The van der Waals surface area contributed by atoms with Gasteiger partial charge in [-0.3, -0.25) is 9.89 Å². The van der Waals surface area contributed by atoms with E-state index in [0.717, 1.165) is 62.5 Å². The molecule has 1 saturated heterocycles. The first-order valence-electron chi connectivity index (χ1n) is 10.3. The van der Waals surface area contributed by atoms with E-state index in [2.05, 4.69) is 26.6 Å². The van der Waals surface area contributed by atoms with Gasteiger partial charge in [0.15, 0.2) is 5.96 Å². The number of nitrogens with zero attached hydrogens (tertiary/aromatic N) is 2. The number of guanidine groups is 1. The molecule has 1 unspecified atom stereocenters. The molecule has 1 atom stereocenters. The monoisotopic (exact) mass is 528 g/mol. The van der Waals surface area contributed by atoms with E-state index in [4.69, 9.17) is 13.9 Å². The largest absolute Gasteiger partial charge is 0.494 e. The SMILES string of the molecule is CN=C(NCCCOc1ccccc1)NCC(c1ccc(C)o1)N1CCOCC1.I. The summed E-state index contributed by atoms with van der Waals surface area (Å²) < 4.78 is 17.2. The van der Waals surface area contributed by atoms with Gasteiger partial charge in [-0.1, -0.05) is 18.2 Å². The summed E-state index contributed by atoms with van der Waals surface area (Å²) in [6.07, 6.45) is 0.889. The summed E-state index contributed by atoms with van der Waals surface area (Å²) in [6.45, 7) is 7.45. The summed E-state index contributed by atoms with van der Waals surface area (Å²) in [5, 5.41) is 6.79. The summed E-state index contributed by atoms with van der Waals surface area (Å²) in [7, 11) is 1.79. The van der Waals surface area contributed by atoms with Crippen molar-refractivity contribution in [1.29, 1.82) is 0 Å². The lowest BCUT2D eigenvalue weighted by Crippen LogP contribution is -2.46. The second kappa shape index (κ2) is 13.5. The van der Waals surface area contributed by atoms with Gasteiger partial charge >= 0.3 is 0 Å². The van der Waals surface area contributed by atoms with Gasteiger partial charge in [-0.15, -0.1) is 24.0 Å². The highest BCUT2D eigenvalue weighted by Crippen LogP contribution is 2.23. The summed E-state index contributed by atoms with van der Waals surface area (Å²) in [5.74, 6) is 3.59. The number of aryl methyl sites for hydroxylation is 1. The molecule has 30 heavy (non-hydrogen) atoms. The molecule has 1 aliphatic heterocycles. The van der Waals surface area contributed by atoms with E-state index in [1.807, 2.05) is 43.3 Å². The minimum absolute atomic E-state index is 0. The van der Waals surface area contributed by atoms with Crippen molar-refractivity contribution in [3.8, 4) is 5.75 Å². The van der Waals surface area contributed by atoms with Gasteiger partial charge in [0.2, 0.25) is 0 Å². The van der Waals surface area contributed by atoms with Crippen molar-refractivity contribution in [3.63, 3.8) is 0 Å². The zero-order valence-electron chi connectivity index (χ0n) is 17.8. The Morgan fingerprint density at radius 3 is 2.57 bits per heavy atom. The number of halogens is 1. The molecule has 0 amide bonds. The van der Waals surface area contributed by atoms with E-state index in [1.165, 1.54) is 0 Å². The molecule has 1 aliphatic rings. The van der Waals surface area contributed by atoms with E-state index in [9.17, 15) is 0 Å². The molecule has 2 N–H and O–H groups in total. The first-order chi connectivity index (χ1) is 14.3. The number of morpholine rings is 1. The number of furan rings is 1. The van der Waals surface area contributed by atoms with Gasteiger partial charge in [-0.25, -0.2) is 0 Å². The first-order valence-corrected chi connectivity index (χ1v) is 10.3. The van der Waals surface area contributed by atoms with Crippen molar-refractivity contribution in [1.82, 2.24) is 15.5 Å². The lowest BCUT2D eigenvalue weighted by Gasteiger charge is -2.33. The van der Waals surface area contributed by atoms with Crippen LogP contribution in [0.1, 0.15) is 24.0 Å². The fourth-order valence-electron chi connectivity index (χ4n) is 3.33. The van der Waals surface area contributed by atoms with Gasteiger partial charge < -0.3 is 24.5 Å². The topological polar surface area (TPSA) is 71.3 Å². The second-order valence-corrected chi connectivity index (χ2v) is 7.01. The van der Waals surface area contributed by atoms with Crippen molar-refractivity contribution in [2.24, 2.45) is 4.99 Å². The fourth-order valence-corrected chi connectivity index (χ4v) is 3.33. The Bertz CT molecular complexity index is 748. The smallest absolute Gasteiger partial charge is 0.191 e. The Balaban J connectivity index is 0.00000320. The predicted molar refractivity (Wildman–Crippen MR) is 130 cm³/mol. The molecule has 2 heterocycles. The van der Waals surface area contributed by atoms with Gasteiger partial charge in [-0.05, 0) is 37.6 Å². The molecular formula is C22H33IN4O3. The second-order valence-electron chi connectivity index (χ2n) is 7.01. The van der Waals surface area contributed by atoms with E-state index >= 15 is 0 Å². The van der Waals surface area contributed by atoms with Crippen molar-refractivity contribution >= 4 is 29.9 Å². The minimum atomic E-state index is 0. The van der Waals surface area contributed by atoms with Crippen LogP contribution in [0.4, 0.5) is 0 Å². The number of benzene rings is 1. The van der Waals surface area contributed by atoms with Crippen LogP contribution in [-0.4, -0.2) is 63.9 Å². The quantitative estimate of drug-likeness (QED) is 0.226. The highest BCUT2D eigenvalue weighted by molar-refractivity contribution is 14.0. The summed E-state index contributed by atoms with van der Waals surface area (Å²) >= 11 is 0. The van der Waals surface area contributed by atoms with Gasteiger partial charge in [-0.2, -0.15) is 0 Å². The molecule has 0 aliphatic carbocycles. The molecule has 1 fully saturated rings. The summed E-state index contributed by atoms with van der Waals surface area (Å²) in [4.78, 5) is 6.74. The molecule has 8 heteroatoms. The molecule has 166 valence electrons. The molecule has 0 saturated carbocycles. The highest BCUT2D eigenvalue weighted by Gasteiger charge is 2.25. The van der Waals surface area contributed by atoms with Gasteiger partial charge in [0, 0.05) is 33.2 Å². The van der Waals surface area contributed by atoms with Gasteiger partial charge in [0.1, 0.15) is 17.3 Å².